The number of aryl methyl sites for hydroxylation is 1. The van der Waals surface area contributed by atoms with E-state index in [4.69, 9.17) is 30.2 Å². The number of carbonyl (C=O) groups excluding carboxylic acids is 1. The number of halogens is 1. The Morgan fingerprint density at radius 2 is 1.86 bits per heavy atom. The van der Waals surface area contributed by atoms with Crippen LogP contribution in [0.3, 0.4) is 0 Å². The molecule has 1 N–H and O–H groups in total. The standard InChI is InChI=1S/C27H31ClN2O5/c1-3-21(33-23-7-5-4-6-22(23)32-2)12-13-24-25(18-8-10-20(28)11-9-18)30-27(34-24)35-26(31)19-14-16-29-17-15-19/h4-11,19,21,29H,3,12-17H2,1-2H3. The van der Waals surface area contributed by atoms with E-state index in [9.17, 15) is 4.79 Å². The summed E-state index contributed by atoms with van der Waals surface area (Å²) >= 11 is 6.08. The topological polar surface area (TPSA) is 82.8 Å². The summed E-state index contributed by atoms with van der Waals surface area (Å²) in [5.41, 5.74) is 1.48. The second-order valence-electron chi connectivity index (χ2n) is 8.54. The number of benzene rings is 2. The lowest BCUT2D eigenvalue weighted by Crippen LogP contribution is -2.33. The van der Waals surface area contributed by atoms with Crippen LogP contribution in [-0.4, -0.2) is 37.3 Å². The van der Waals surface area contributed by atoms with Crippen molar-refractivity contribution < 1.29 is 23.4 Å². The van der Waals surface area contributed by atoms with Crippen LogP contribution in [0.25, 0.3) is 11.3 Å². The molecule has 2 aromatic carbocycles. The summed E-state index contributed by atoms with van der Waals surface area (Å²) in [6.45, 7) is 3.68. The van der Waals surface area contributed by atoms with Gasteiger partial charge in [-0.25, -0.2) is 0 Å². The quantitative estimate of drug-likeness (QED) is 0.359. The van der Waals surface area contributed by atoms with Crippen molar-refractivity contribution in [2.24, 2.45) is 5.92 Å². The highest BCUT2D eigenvalue weighted by Crippen LogP contribution is 2.32. The minimum atomic E-state index is -0.298. The summed E-state index contributed by atoms with van der Waals surface area (Å²) in [6.07, 6.45) is 3.46. The van der Waals surface area contributed by atoms with E-state index in [1.54, 1.807) is 19.2 Å². The van der Waals surface area contributed by atoms with Crippen molar-refractivity contribution in [1.82, 2.24) is 10.3 Å². The Morgan fingerprint density at radius 1 is 1.14 bits per heavy atom. The van der Waals surface area contributed by atoms with Gasteiger partial charge >= 0.3 is 12.0 Å². The molecule has 0 bridgehead atoms. The number of hydrogen-bond acceptors (Lipinski definition) is 7. The number of methoxy groups -OCH3 is 1. The van der Waals surface area contributed by atoms with E-state index in [1.807, 2.05) is 36.4 Å². The van der Waals surface area contributed by atoms with Gasteiger partial charge in [-0.3, -0.25) is 4.79 Å². The Kier molecular flexibility index (Phi) is 8.66. The molecule has 4 rings (SSSR count). The number of rotatable bonds is 10. The van der Waals surface area contributed by atoms with Crippen molar-refractivity contribution in [2.75, 3.05) is 20.2 Å². The number of oxazole rings is 1. The van der Waals surface area contributed by atoms with Crippen molar-refractivity contribution in [3.8, 4) is 28.8 Å². The molecule has 1 fully saturated rings. The van der Waals surface area contributed by atoms with Gasteiger partial charge in [-0.2, -0.15) is 4.98 Å². The molecule has 0 aliphatic carbocycles. The van der Waals surface area contributed by atoms with Crippen molar-refractivity contribution in [3.63, 3.8) is 0 Å². The van der Waals surface area contributed by atoms with Crippen LogP contribution < -0.4 is 19.5 Å². The van der Waals surface area contributed by atoms with Gasteiger partial charge in [0.25, 0.3) is 0 Å². The summed E-state index contributed by atoms with van der Waals surface area (Å²) in [6, 6.07) is 15.0. The van der Waals surface area contributed by atoms with Crippen LogP contribution in [0.4, 0.5) is 0 Å². The number of nitrogens with one attached hydrogen (secondary N) is 1. The highest BCUT2D eigenvalue weighted by molar-refractivity contribution is 6.30. The van der Waals surface area contributed by atoms with Crippen molar-refractivity contribution in [2.45, 2.75) is 45.1 Å². The lowest BCUT2D eigenvalue weighted by Gasteiger charge is -2.19. The van der Waals surface area contributed by atoms with Gasteiger partial charge in [-0.15, -0.1) is 0 Å². The summed E-state index contributed by atoms with van der Waals surface area (Å²) < 4.78 is 23.2. The van der Waals surface area contributed by atoms with Gasteiger partial charge in [0.15, 0.2) is 11.5 Å². The Hall–Kier alpha value is -3.03. The number of ether oxygens (including phenoxy) is 3. The molecule has 0 spiro atoms. The maximum absolute atomic E-state index is 12.6. The van der Waals surface area contributed by atoms with E-state index in [1.165, 1.54) is 0 Å². The fraction of sp³-hybridized carbons (Fsp3) is 0.407. The molecular weight excluding hydrogens is 468 g/mol. The molecule has 8 heteroatoms. The number of para-hydroxylation sites is 2. The van der Waals surface area contributed by atoms with Crippen LogP contribution in [0, 0.1) is 5.92 Å². The fourth-order valence-corrected chi connectivity index (χ4v) is 4.26. The molecule has 1 aliphatic rings. The molecule has 1 aromatic heterocycles. The average molecular weight is 499 g/mol. The molecule has 0 amide bonds. The summed E-state index contributed by atoms with van der Waals surface area (Å²) in [5, 5.41) is 3.88. The highest BCUT2D eigenvalue weighted by atomic mass is 35.5. The zero-order valence-corrected chi connectivity index (χ0v) is 20.8. The molecule has 1 unspecified atom stereocenters. The Balaban J connectivity index is 1.51. The van der Waals surface area contributed by atoms with Crippen molar-refractivity contribution >= 4 is 17.6 Å². The SMILES string of the molecule is CCC(CCc1oc(OC(=O)C2CCNCC2)nc1-c1ccc(Cl)cc1)Oc1ccccc1OC. The minimum absolute atomic E-state index is 0.0211. The van der Waals surface area contributed by atoms with Gasteiger partial charge in [0, 0.05) is 17.0 Å². The van der Waals surface area contributed by atoms with E-state index in [2.05, 4.69) is 17.2 Å². The lowest BCUT2D eigenvalue weighted by molar-refractivity contribution is -0.141. The molecule has 1 aliphatic heterocycles. The smallest absolute Gasteiger partial charge is 0.402 e. The highest BCUT2D eigenvalue weighted by Gasteiger charge is 2.26. The van der Waals surface area contributed by atoms with Crippen molar-refractivity contribution in [3.05, 3.63) is 59.3 Å². The monoisotopic (exact) mass is 498 g/mol. The molecule has 1 atom stereocenters. The lowest BCUT2D eigenvalue weighted by atomic mass is 9.99. The third kappa shape index (κ3) is 6.55. The molecule has 0 radical (unpaired) electrons. The Bertz CT molecular complexity index is 1110. The molecule has 0 saturated carbocycles. The number of carbonyl (C=O) groups is 1. The third-order valence-corrected chi connectivity index (χ3v) is 6.42. The number of piperidine rings is 1. The minimum Gasteiger partial charge on any atom is -0.493 e. The van der Waals surface area contributed by atoms with Gasteiger partial charge in [-0.1, -0.05) is 42.8 Å². The maximum Gasteiger partial charge on any atom is 0.402 e. The number of esters is 1. The first kappa shape index (κ1) is 25.1. The maximum atomic E-state index is 12.6. The number of hydrogen-bond donors (Lipinski definition) is 1. The summed E-state index contributed by atoms with van der Waals surface area (Å²) in [4.78, 5) is 17.2. The molecule has 7 nitrogen and oxygen atoms in total. The predicted molar refractivity (Wildman–Crippen MR) is 134 cm³/mol. The third-order valence-electron chi connectivity index (χ3n) is 6.17. The van der Waals surface area contributed by atoms with Crippen LogP contribution in [0.1, 0.15) is 38.4 Å². The van der Waals surface area contributed by atoms with Gasteiger partial charge < -0.3 is 23.9 Å². The molecule has 3 aromatic rings. The Morgan fingerprint density at radius 3 is 2.54 bits per heavy atom. The second kappa shape index (κ2) is 12.1. The number of nitrogens with zero attached hydrogens (tertiary/aromatic N) is 1. The van der Waals surface area contributed by atoms with E-state index in [0.717, 1.165) is 37.9 Å². The molecule has 35 heavy (non-hydrogen) atoms. The molecule has 1 saturated heterocycles. The van der Waals surface area contributed by atoms with E-state index in [0.29, 0.717) is 40.8 Å². The van der Waals surface area contributed by atoms with Crippen LogP contribution in [0.5, 0.6) is 17.6 Å². The van der Waals surface area contributed by atoms with Gasteiger partial charge in [0.1, 0.15) is 11.5 Å². The first-order valence-electron chi connectivity index (χ1n) is 12.0. The normalized spacial score (nSPS) is 14.9. The zero-order valence-electron chi connectivity index (χ0n) is 20.1. The molecule has 186 valence electrons. The second-order valence-corrected chi connectivity index (χ2v) is 8.98. The zero-order chi connectivity index (χ0) is 24.6. The van der Waals surface area contributed by atoms with Gasteiger partial charge in [0.05, 0.1) is 19.1 Å². The van der Waals surface area contributed by atoms with E-state index in [-0.39, 0.29) is 24.1 Å². The molecular formula is C27H31ClN2O5. The van der Waals surface area contributed by atoms with E-state index >= 15 is 0 Å². The van der Waals surface area contributed by atoms with Gasteiger partial charge in [0.2, 0.25) is 0 Å². The van der Waals surface area contributed by atoms with E-state index < -0.39 is 0 Å². The summed E-state index contributed by atoms with van der Waals surface area (Å²) in [7, 11) is 1.63. The first-order chi connectivity index (χ1) is 17.1. The predicted octanol–water partition coefficient (Wildman–Crippen LogP) is 5.70. The van der Waals surface area contributed by atoms with Crippen LogP contribution in [0.2, 0.25) is 5.02 Å². The Labute approximate surface area is 210 Å². The van der Waals surface area contributed by atoms with Crippen LogP contribution in [-0.2, 0) is 11.2 Å². The summed E-state index contributed by atoms with van der Waals surface area (Å²) in [5.74, 6) is 1.59. The first-order valence-corrected chi connectivity index (χ1v) is 12.4. The number of aromatic nitrogens is 1. The van der Waals surface area contributed by atoms with Gasteiger partial charge in [-0.05, 0) is 63.0 Å². The van der Waals surface area contributed by atoms with Crippen LogP contribution in [0.15, 0.2) is 52.9 Å². The average Bonchev–Trinajstić information content (AvgIpc) is 3.30. The van der Waals surface area contributed by atoms with Crippen LogP contribution >= 0.6 is 11.6 Å². The largest absolute Gasteiger partial charge is 0.493 e. The van der Waals surface area contributed by atoms with Crippen molar-refractivity contribution in [1.29, 1.82) is 0 Å². The molecule has 2 heterocycles. The fourth-order valence-electron chi connectivity index (χ4n) is 4.14.